The van der Waals surface area contributed by atoms with E-state index < -0.39 is 0 Å². The van der Waals surface area contributed by atoms with Crippen LogP contribution in [-0.2, 0) is 11.3 Å². The molecule has 0 unspecified atom stereocenters. The van der Waals surface area contributed by atoms with E-state index >= 15 is 0 Å². The molecule has 4 heteroatoms. The van der Waals surface area contributed by atoms with Gasteiger partial charge in [0.05, 0.1) is 0 Å². The van der Waals surface area contributed by atoms with Crippen LogP contribution in [0, 0.1) is 0 Å². The molecular weight excluding hydrogens is 264 g/mol. The van der Waals surface area contributed by atoms with Crippen molar-refractivity contribution in [2.45, 2.75) is 39.2 Å². The van der Waals surface area contributed by atoms with Crippen LogP contribution in [0.2, 0.25) is 0 Å². The molecule has 0 aliphatic carbocycles. The first kappa shape index (κ1) is 15.5. The van der Waals surface area contributed by atoms with Crippen molar-refractivity contribution in [1.82, 2.24) is 9.80 Å². The van der Waals surface area contributed by atoms with Crippen molar-refractivity contribution < 1.29 is 9.59 Å². The smallest absolute Gasteiger partial charge is 0.253 e. The van der Waals surface area contributed by atoms with Gasteiger partial charge in [-0.2, -0.15) is 0 Å². The highest BCUT2D eigenvalue weighted by atomic mass is 16.2. The molecule has 4 nitrogen and oxygen atoms in total. The molecule has 1 saturated heterocycles. The molecule has 1 aromatic carbocycles. The van der Waals surface area contributed by atoms with Crippen molar-refractivity contribution in [2.75, 3.05) is 20.1 Å². The molecule has 1 aromatic rings. The fourth-order valence-electron chi connectivity index (χ4n) is 2.56. The minimum absolute atomic E-state index is 0.0623. The molecule has 2 amide bonds. The van der Waals surface area contributed by atoms with Crippen LogP contribution in [0.15, 0.2) is 24.3 Å². The average Bonchev–Trinajstić information content (AvgIpc) is 2.90. The van der Waals surface area contributed by atoms with Crippen LogP contribution in [0.3, 0.4) is 0 Å². The summed E-state index contributed by atoms with van der Waals surface area (Å²) < 4.78 is 0. The maximum Gasteiger partial charge on any atom is 0.253 e. The first-order valence-electron chi connectivity index (χ1n) is 7.74. The van der Waals surface area contributed by atoms with E-state index in [0.717, 1.165) is 37.9 Å². The summed E-state index contributed by atoms with van der Waals surface area (Å²) >= 11 is 0. The average molecular weight is 288 g/mol. The van der Waals surface area contributed by atoms with Gasteiger partial charge in [0, 0.05) is 38.7 Å². The number of hydrogen-bond acceptors (Lipinski definition) is 2. The lowest BCUT2D eigenvalue weighted by atomic mass is 10.1. The predicted octanol–water partition coefficient (Wildman–Crippen LogP) is 2.68. The summed E-state index contributed by atoms with van der Waals surface area (Å²) in [5.41, 5.74) is 1.79. The first-order chi connectivity index (χ1) is 10.1. The summed E-state index contributed by atoms with van der Waals surface area (Å²) in [7, 11) is 1.84. The van der Waals surface area contributed by atoms with Crippen molar-refractivity contribution in [2.24, 2.45) is 0 Å². The number of likely N-dealkylation sites (tertiary alicyclic amines) is 1. The van der Waals surface area contributed by atoms with Crippen LogP contribution in [0.5, 0.6) is 0 Å². The zero-order chi connectivity index (χ0) is 15.2. The Morgan fingerprint density at radius 1 is 1.29 bits per heavy atom. The lowest BCUT2D eigenvalue weighted by Crippen LogP contribution is -2.27. The van der Waals surface area contributed by atoms with Crippen LogP contribution < -0.4 is 0 Å². The zero-order valence-corrected chi connectivity index (χ0v) is 13.0. The van der Waals surface area contributed by atoms with E-state index in [9.17, 15) is 9.59 Å². The highest BCUT2D eigenvalue weighted by molar-refractivity contribution is 5.94. The van der Waals surface area contributed by atoms with Gasteiger partial charge < -0.3 is 9.80 Å². The van der Waals surface area contributed by atoms with Gasteiger partial charge in [-0.1, -0.05) is 25.5 Å². The summed E-state index contributed by atoms with van der Waals surface area (Å²) in [4.78, 5) is 27.5. The van der Waals surface area contributed by atoms with E-state index in [1.807, 2.05) is 36.2 Å². The molecule has 0 saturated carbocycles. The number of carbonyl (C=O) groups excluding carboxylic acids is 2. The van der Waals surface area contributed by atoms with Crippen molar-refractivity contribution in [3.05, 3.63) is 35.4 Å². The Kier molecular flexibility index (Phi) is 5.37. The summed E-state index contributed by atoms with van der Waals surface area (Å²) in [5, 5.41) is 0. The molecule has 0 spiro atoms. The second-order valence-corrected chi connectivity index (χ2v) is 5.70. The Morgan fingerprint density at radius 2 is 2.00 bits per heavy atom. The Hall–Kier alpha value is -1.84. The SMILES string of the molecule is CCCCN(C)C(=O)c1ccc(CN2CCCC2=O)cc1. The van der Waals surface area contributed by atoms with Gasteiger partial charge in [-0.25, -0.2) is 0 Å². The number of nitrogens with zero attached hydrogens (tertiary/aromatic N) is 2. The number of carbonyl (C=O) groups is 2. The third-order valence-electron chi connectivity index (χ3n) is 3.94. The van der Waals surface area contributed by atoms with Gasteiger partial charge in [0.15, 0.2) is 0 Å². The topological polar surface area (TPSA) is 40.6 Å². The van der Waals surface area contributed by atoms with E-state index in [-0.39, 0.29) is 11.8 Å². The fraction of sp³-hybridized carbons (Fsp3) is 0.529. The molecule has 114 valence electrons. The standard InChI is InChI=1S/C17H24N2O2/c1-3-4-11-18(2)17(21)15-9-7-14(8-10-15)13-19-12-5-6-16(19)20/h7-10H,3-6,11-13H2,1-2H3. The number of amides is 2. The molecule has 1 fully saturated rings. The fourth-order valence-corrected chi connectivity index (χ4v) is 2.56. The van der Waals surface area contributed by atoms with Crippen LogP contribution in [0.25, 0.3) is 0 Å². The molecule has 0 atom stereocenters. The van der Waals surface area contributed by atoms with Gasteiger partial charge in [-0.05, 0) is 30.5 Å². The summed E-state index contributed by atoms with van der Waals surface area (Å²) in [5.74, 6) is 0.293. The van der Waals surface area contributed by atoms with Crippen LogP contribution in [-0.4, -0.2) is 41.8 Å². The van der Waals surface area contributed by atoms with E-state index in [1.165, 1.54) is 0 Å². The van der Waals surface area contributed by atoms with Crippen molar-refractivity contribution in [1.29, 1.82) is 0 Å². The molecular formula is C17H24N2O2. The van der Waals surface area contributed by atoms with Crippen molar-refractivity contribution >= 4 is 11.8 Å². The van der Waals surface area contributed by atoms with Crippen LogP contribution in [0.4, 0.5) is 0 Å². The lowest BCUT2D eigenvalue weighted by molar-refractivity contribution is -0.128. The normalized spacial score (nSPS) is 14.6. The summed E-state index contributed by atoms with van der Waals surface area (Å²) in [6, 6.07) is 7.63. The molecule has 21 heavy (non-hydrogen) atoms. The number of rotatable bonds is 6. The Balaban J connectivity index is 1.95. The van der Waals surface area contributed by atoms with E-state index in [4.69, 9.17) is 0 Å². The Morgan fingerprint density at radius 3 is 2.57 bits per heavy atom. The molecule has 1 aliphatic rings. The van der Waals surface area contributed by atoms with Crippen molar-refractivity contribution in [3.63, 3.8) is 0 Å². The van der Waals surface area contributed by atoms with Gasteiger partial charge in [-0.3, -0.25) is 9.59 Å². The van der Waals surface area contributed by atoms with E-state index in [2.05, 4.69) is 6.92 Å². The minimum atomic E-state index is 0.0623. The number of unbranched alkanes of at least 4 members (excludes halogenated alkanes) is 1. The maximum absolute atomic E-state index is 12.2. The van der Waals surface area contributed by atoms with Crippen LogP contribution >= 0.6 is 0 Å². The highest BCUT2D eigenvalue weighted by Crippen LogP contribution is 2.15. The number of hydrogen-bond donors (Lipinski definition) is 0. The Labute approximate surface area is 126 Å². The predicted molar refractivity (Wildman–Crippen MR) is 83.0 cm³/mol. The maximum atomic E-state index is 12.2. The van der Waals surface area contributed by atoms with Gasteiger partial charge >= 0.3 is 0 Å². The quantitative estimate of drug-likeness (QED) is 0.807. The zero-order valence-electron chi connectivity index (χ0n) is 13.0. The van der Waals surface area contributed by atoms with E-state index in [0.29, 0.717) is 18.5 Å². The summed E-state index contributed by atoms with van der Waals surface area (Å²) in [6.07, 6.45) is 3.73. The molecule has 0 N–H and O–H groups in total. The Bertz CT molecular complexity index is 496. The third kappa shape index (κ3) is 4.06. The van der Waals surface area contributed by atoms with Crippen molar-refractivity contribution in [3.8, 4) is 0 Å². The molecule has 1 heterocycles. The van der Waals surface area contributed by atoms with Gasteiger partial charge in [-0.15, -0.1) is 0 Å². The highest BCUT2D eigenvalue weighted by Gasteiger charge is 2.20. The van der Waals surface area contributed by atoms with Crippen LogP contribution in [0.1, 0.15) is 48.5 Å². The van der Waals surface area contributed by atoms with Gasteiger partial charge in [0.25, 0.3) is 5.91 Å². The molecule has 0 aromatic heterocycles. The van der Waals surface area contributed by atoms with Gasteiger partial charge in [0.1, 0.15) is 0 Å². The molecule has 0 radical (unpaired) electrons. The monoisotopic (exact) mass is 288 g/mol. The third-order valence-corrected chi connectivity index (χ3v) is 3.94. The minimum Gasteiger partial charge on any atom is -0.342 e. The second kappa shape index (κ2) is 7.25. The van der Waals surface area contributed by atoms with Gasteiger partial charge in [0.2, 0.25) is 5.91 Å². The summed E-state index contributed by atoms with van der Waals surface area (Å²) in [6.45, 7) is 4.41. The molecule has 1 aliphatic heterocycles. The molecule has 0 bridgehead atoms. The lowest BCUT2D eigenvalue weighted by Gasteiger charge is -2.18. The number of benzene rings is 1. The second-order valence-electron chi connectivity index (χ2n) is 5.70. The largest absolute Gasteiger partial charge is 0.342 e. The first-order valence-corrected chi connectivity index (χ1v) is 7.74. The van der Waals surface area contributed by atoms with E-state index in [1.54, 1.807) is 4.90 Å². The molecule has 2 rings (SSSR count).